The van der Waals surface area contributed by atoms with E-state index in [4.69, 9.17) is 9.26 Å². The maximum atomic E-state index is 13.7. The molecule has 30 heavy (non-hydrogen) atoms. The number of rotatable bonds is 8. The van der Waals surface area contributed by atoms with Gasteiger partial charge in [0.1, 0.15) is 0 Å². The van der Waals surface area contributed by atoms with Gasteiger partial charge in [0.25, 0.3) is 10.0 Å². The molecule has 7 nitrogen and oxygen atoms in total. The minimum Gasteiger partial charge on any atom is -0.469 e. The highest BCUT2D eigenvalue weighted by Crippen LogP contribution is 2.31. The molecule has 158 valence electrons. The number of esters is 1. The fourth-order valence-electron chi connectivity index (χ4n) is 3.14. The Labute approximate surface area is 176 Å². The van der Waals surface area contributed by atoms with Gasteiger partial charge in [0, 0.05) is 18.2 Å². The summed E-state index contributed by atoms with van der Waals surface area (Å²) >= 11 is 0. The van der Waals surface area contributed by atoms with E-state index in [0.717, 1.165) is 0 Å². The van der Waals surface area contributed by atoms with Crippen LogP contribution >= 0.6 is 0 Å². The number of benzene rings is 2. The number of hydrogen-bond acceptors (Lipinski definition) is 6. The molecule has 0 unspecified atom stereocenters. The van der Waals surface area contributed by atoms with E-state index in [1.54, 1.807) is 55.5 Å². The minimum atomic E-state index is -3.96. The van der Waals surface area contributed by atoms with Crippen LogP contribution in [0.2, 0.25) is 0 Å². The van der Waals surface area contributed by atoms with Crippen molar-refractivity contribution in [3.63, 3.8) is 0 Å². The zero-order valence-corrected chi connectivity index (χ0v) is 18.0. The summed E-state index contributed by atoms with van der Waals surface area (Å²) in [6, 6.07) is 15.7. The van der Waals surface area contributed by atoms with Crippen LogP contribution in [-0.4, -0.2) is 33.2 Å². The first-order valence-corrected chi connectivity index (χ1v) is 11.0. The second-order valence-corrected chi connectivity index (χ2v) is 8.58. The van der Waals surface area contributed by atoms with Crippen molar-refractivity contribution >= 4 is 21.7 Å². The lowest BCUT2D eigenvalue weighted by Crippen LogP contribution is -2.34. The molecule has 0 radical (unpaired) electrons. The van der Waals surface area contributed by atoms with Gasteiger partial charge in [0.15, 0.2) is 5.76 Å². The molecule has 1 heterocycles. The third-order valence-electron chi connectivity index (χ3n) is 4.72. The monoisotopic (exact) mass is 428 g/mol. The molecule has 0 amide bonds. The molecule has 0 aliphatic carbocycles. The zero-order valence-electron chi connectivity index (χ0n) is 17.2. The van der Waals surface area contributed by atoms with E-state index in [0.29, 0.717) is 34.7 Å². The molecule has 2 aromatic carbocycles. The van der Waals surface area contributed by atoms with E-state index in [1.165, 1.54) is 11.4 Å². The molecule has 0 N–H and O–H groups in total. The van der Waals surface area contributed by atoms with Gasteiger partial charge in [-0.05, 0) is 37.1 Å². The standard InChI is InChI=1S/C22H24N2O5S/c1-4-17-10-11-18(20-14-16(2)23-29-20)15-21(17)30(26,27)24(13-12-22(25)28-3)19-8-6-5-7-9-19/h5-11,14-15H,4,12-13H2,1-3H3. The Balaban J connectivity index is 2.10. The third-order valence-corrected chi connectivity index (χ3v) is 6.63. The number of sulfonamides is 1. The Morgan fingerprint density at radius 3 is 2.47 bits per heavy atom. The molecule has 0 saturated carbocycles. The van der Waals surface area contributed by atoms with Crippen LogP contribution in [0.3, 0.4) is 0 Å². The van der Waals surface area contributed by atoms with Crippen molar-refractivity contribution in [1.29, 1.82) is 0 Å². The molecule has 0 spiro atoms. The highest BCUT2D eigenvalue weighted by Gasteiger charge is 2.28. The van der Waals surface area contributed by atoms with Crippen molar-refractivity contribution in [1.82, 2.24) is 5.16 Å². The Bertz CT molecular complexity index is 1120. The van der Waals surface area contributed by atoms with Gasteiger partial charge in [-0.15, -0.1) is 0 Å². The number of hydrogen-bond donors (Lipinski definition) is 0. The van der Waals surface area contributed by atoms with Crippen molar-refractivity contribution in [2.24, 2.45) is 0 Å². The molecule has 3 aromatic rings. The van der Waals surface area contributed by atoms with Crippen molar-refractivity contribution in [2.75, 3.05) is 18.0 Å². The topological polar surface area (TPSA) is 89.7 Å². The average Bonchev–Trinajstić information content (AvgIpc) is 3.20. The summed E-state index contributed by atoms with van der Waals surface area (Å²) < 4.78 is 38.7. The van der Waals surface area contributed by atoms with E-state index in [2.05, 4.69) is 5.16 Å². The van der Waals surface area contributed by atoms with Gasteiger partial charge < -0.3 is 9.26 Å². The first-order valence-electron chi connectivity index (χ1n) is 9.58. The van der Waals surface area contributed by atoms with Crippen molar-refractivity contribution in [2.45, 2.75) is 31.6 Å². The van der Waals surface area contributed by atoms with E-state index in [9.17, 15) is 13.2 Å². The Kier molecular flexibility index (Phi) is 6.56. The maximum absolute atomic E-state index is 13.7. The van der Waals surface area contributed by atoms with Gasteiger partial charge in [-0.2, -0.15) is 0 Å². The summed E-state index contributed by atoms with van der Waals surface area (Å²) in [5.74, 6) is 0.0140. The SMILES string of the molecule is CCc1ccc(-c2cc(C)no2)cc1S(=O)(=O)N(CCC(=O)OC)c1ccccc1. The summed E-state index contributed by atoms with van der Waals surface area (Å²) in [7, 11) is -2.68. The number of aromatic nitrogens is 1. The van der Waals surface area contributed by atoms with Crippen LogP contribution in [0.25, 0.3) is 11.3 Å². The third kappa shape index (κ3) is 4.54. The molecular weight excluding hydrogens is 404 g/mol. The maximum Gasteiger partial charge on any atom is 0.307 e. The number of anilines is 1. The molecule has 0 aliphatic heterocycles. The average molecular weight is 429 g/mol. The predicted molar refractivity (Wildman–Crippen MR) is 114 cm³/mol. The van der Waals surface area contributed by atoms with Gasteiger partial charge in [-0.1, -0.05) is 42.4 Å². The van der Waals surface area contributed by atoms with Crippen molar-refractivity contribution in [3.05, 3.63) is 65.9 Å². The van der Waals surface area contributed by atoms with Crippen LogP contribution < -0.4 is 4.31 Å². The lowest BCUT2D eigenvalue weighted by atomic mass is 10.1. The normalized spacial score (nSPS) is 11.3. The number of aryl methyl sites for hydroxylation is 2. The smallest absolute Gasteiger partial charge is 0.307 e. The lowest BCUT2D eigenvalue weighted by Gasteiger charge is -2.25. The van der Waals surface area contributed by atoms with Crippen LogP contribution in [0.5, 0.6) is 0 Å². The second-order valence-electron chi connectivity index (χ2n) is 6.75. The van der Waals surface area contributed by atoms with Gasteiger partial charge in [0.05, 0.1) is 29.8 Å². The number of para-hydroxylation sites is 1. The largest absolute Gasteiger partial charge is 0.469 e. The molecule has 0 fully saturated rings. The quantitative estimate of drug-likeness (QED) is 0.504. The van der Waals surface area contributed by atoms with Crippen molar-refractivity contribution < 1.29 is 22.5 Å². The molecular formula is C22H24N2O5S. The van der Waals surface area contributed by atoms with Crippen LogP contribution in [0.4, 0.5) is 5.69 Å². The highest BCUT2D eigenvalue weighted by molar-refractivity contribution is 7.92. The van der Waals surface area contributed by atoms with E-state index in [-0.39, 0.29) is 17.9 Å². The number of ether oxygens (including phenoxy) is 1. The molecule has 0 aliphatic rings. The first kappa shape index (κ1) is 21.6. The van der Waals surface area contributed by atoms with Gasteiger partial charge in [-0.25, -0.2) is 8.42 Å². The van der Waals surface area contributed by atoms with Crippen LogP contribution in [0.15, 0.2) is 64.0 Å². The Hall–Kier alpha value is -3.13. The van der Waals surface area contributed by atoms with Crippen molar-refractivity contribution in [3.8, 4) is 11.3 Å². The zero-order chi connectivity index (χ0) is 21.7. The summed E-state index contributed by atoms with van der Waals surface area (Å²) in [4.78, 5) is 11.9. The summed E-state index contributed by atoms with van der Waals surface area (Å²) in [5, 5.41) is 3.88. The number of carbonyl (C=O) groups excluding carboxylic acids is 1. The number of methoxy groups -OCH3 is 1. The van der Waals surface area contributed by atoms with Gasteiger partial charge >= 0.3 is 5.97 Å². The van der Waals surface area contributed by atoms with E-state index >= 15 is 0 Å². The Morgan fingerprint density at radius 2 is 1.87 bits per heavy atom. The van der Waals surface area contributed by atoms with Crippen LogP contribution in [0.1, 0.15) is 24.6 Å². The van der Waals surface area contributed by atoms with Gasteiger partial charge in [0.2, 0.25) is 0 Å². The summed E-state index contributed by atoms with van der Waals surface area (Å²) in [6.45, 7) is 3.66. The molecule has 1 aromatic heterocycles. The molecule has 3 rings (SSSR count). The molecule has 0 atom stereocenters. The molecule has 8 heteroatoms. The number of carbonyl (C=O) groups is 1. The number of nitrogens with zero attached hydrogens (tertiary/aromatic N) is 2. The van der Waals surface area contributed by atoms with Gasteiger partial charge in [-0.3, -0.25) is 9.10 Å². The van der Waals surface area contributed by atoms with Crippen LogP contribution in [-0.2, 0) is 26.0 Å². The molecule has 0 bridgehead atoms. The fraction of sp³-hybridized carbons (Fsp3) is 0.273. The highest BCUT2D eigenvalue weighted by atomic mass is 32.2. The van der Waals surface area contributed by atoms with Crippen LogP contribution in [0, 0.1) is 6.92 Å². The Morgan fingerprint density at radius 1 is 1.13 bits per heavy atom. The molecule has 0 saturated heterocycles. The lowest BCUT2D eigenvalue weighted by molar-refractivity contribution is -0.140. The summed E-state index contributed by atoms with van der Waals surface area (Å²) in [5.41, 5.74) is 2.48. The predicted octanol–water partition coefficient (Wildman–Crippen LogP) is 3.97. The summed E-state index contributed by atoms with van der Waals surface area (Å²) in [6.07, 6.45) is 0.469. The fourth-order valence-corrected chi connectivity index (χ4v) is 4.92. The minimum absolute atomic E-state index is 0.0339. The van der Waals surface area contributed by atoms with E-state index < -0.39 is 16.0 Å². The van der Waals surface area contributed by atoms with E-state index in [1.807, 2.05) is 13.0 Å². The first-order chi connectivity index (χ1) is 14.4. The second kappa shape index (κ2) is 9.13.